The molecule has 6 nitrogen and oxygen atoms in total. The van der Waals surface area contributed by atoms with Crippen molar-refractivity contribution < 1.29 is 19.4 Å². The zero-order chi connectivity index (χ0) is 18.9. The molecular formula is C20H30N2O4. The molecule has 2 N–H and O–H groups in total. The number of ether oxygens (including phenoxy) is 1. The number of carboxylic acid groups (broad SMARTS) is 1. The molecule has 1 aromatic rings. The summed E-state index contributed by atoms with van der Waals surface area (Å²) in [5.74, 6) is -0.514. The number of carboxylic acids is 1. The van der Waals surface area contributed by atoms with E-state index in [0.29, 0.717) is 25.6 Å². The first-order valence-corrected chi connectivity index (χ1v) is 9.48. The topological polar surface area (TPSA) is 78.9 Å². The molecule has 26 heavy (non-hydrogen) atoms. The molecule has 0 saturated carbocycles. The summed E-state index contributed by atoms with van der Waals surface area (Å²) in [5, 5.41) is 11.9. The first kappa shape index (κ1) is 20.4. The summed E-state index contributed by atoms with van der Waals surface area (Å²) in [6.07, 6.45) is 2.44. The smallest absolute Gasteiger partial charge is 0.303 e. The Labute approximate surface area is 155 Å². The molecule has 144 valence electrons. The molecule has 0 aromatic heterocycles. The van der Waals surface area contributed by atoms with E-state index in [4.69, 9.17) is 9.84 Å². The van der Waals surface area contributed by atoms with Crippen LogP contribution in [0.1, 0.15) is 38.7 Å². The van der Waals surface area contributed by atoms with Crippen LogP contribution in [0.3, 0.4) is 0 Å². The Morgan fingerprint density at radius 1 is 1.23 bits per heavy atom. The van der Waals surface area contributed by atoms with E-state index in [2.05, 4.69) is 24.1 Å². The standard InChI is InChI=1S/C20H30N2O4/c1-3-16(4-2)19(22-10-12-26-13-11-22)20(25)21-17-7-5-6-15(14-17)8-9-18(23)24/h5-7,14,16,19H,3-4,8-13H2,1-2H3,(H,21,25)(H,23,24). The Morgan fingerprint density at radius 3 is 2.54 bits per heavy atom. The average Bonchev–Trinajstić information content (AvgIpc) is 2.65. The number of hydrogen-bond donors (Lipinski definition) is 2. The van der Waals surface area contributed by atoms with Crippen LogP contribution in [0.15, 0.2) is 24.3 Å². The molecule has 0 aliphatic carbocycles. The average molecular weight is 362 g/mol. The number of amides is 1. The maximum atomic E-state index is 13.1. The van der Waals surface area contributed by atoms with Crippen molar-refractivity contribution in [2.75, 3.05) is 31.6 Å². The van der Waals surface area contributed by atoms with Gasteiger partial charge in [0.2, 0.25) is 5.91 Å². The number of nitrogens with zero attached hydrogens (tertiary/aromatic N) is 1. The minimum atomic E-state index is -0.819. The first-order chi connectivity index (χ1) is 12.5. The summed E-state index contributed by atoms with van der Waals surface area (Å²) in [4.78, 5) is 26.0. The summed E-state index contributed by atoms with van der Waals surface area (Å²) < 4.78 is 5.44. The molecule has 2 rings (SSSR count). The molecular weight excluding hydrogens is 332 g/mol. The number of hydrogen-bond acceptors (Lipinski definition) is 4. The van der Waals surface area contributed by atoms with Gasteiger partial charge in [0.25, 0.3) is 0 Å². The van der Waals surface area contributed by atoms with Gasteiger partial charge in [-0.3, -0.25) is 14.5 Å². The highest BCUT2D eigenvalue weighted by Crippen LogP contribution is 2.22. The van der Waals surface area contributed by atoms with Gasteiger partial charge in [0, 0.05) is 25.2 Å². The number of nitrogens with one attached hydrogen (secondary N) is 1. The highest BCUT2D eigenvalue weighted by Gasteiger charge is 2.32. The molecule has 1 unspecified atom stereocenters. The fraction of sp³-hybridized carbons (Fsp3) is 0.600. The Balaban J connectivity index is 2.10. The molecule has 1 heterocycles. The Hall–Kier alpha value is -1.92. The van der Waals surface area contributed by atoms with Crippen LogP contribution in [-0.4, -0.2) is 54.2 Å². The lowest BCUT2D eigenvalue weighted by Crippen LogP contribution is -2.52. The van der Waals surface area contributed by atoms with Crippen molar-refractivity contribution in [1.29, 1.82) is 0 Å². The lowest BCUT2D eigenvalue weighted by molar-refractivity contribution is -0.137. The van der Waals surface area contributed by atoms with Crippen LogP contribution in [0.4, 0.5) is 5.69 Å². The van der Waals surface area contributed by atoms with E-state index in [1.165, 1.54) is 0 Å². The Kier molecular flexibility index (Phi) is 8.06. The van der Waals surface area contributed by atoms with Crippen LogP contribution in [-0.2, 0) is 20.7 Å². The normalized spacial score (nSPS) is 16.4. The summed E-state index contributed by atoms with van der Waals surface area (Å²) in [5.41, 5.74) is 1.64. The third-order valence-electron chi connectivity index (χ3n) is 5.03. The van der Waals surface area contributed by atoms with Crippen molar-refractivity contribution in [1.82, 2.24) is 4.90 Å². The summed E-state index contributed by atoms with van der Waals surface area (Å²) in [6, 6.07) is 7.29. The van der Waals surface area contributed by atoms with Crippen LogP contribution < -0.4 is 5.32 Å². The molecule has 0 radical (unpaired) electrons. The van der Waals surface area contributed by atoms with Gasteiger partial charge in [0.05, 0.1) is 19.3 Å². The molecule has 1 aliphatic heterocycles. The van der Waals surface area contributed by atoms with Crippen LogP contribution in [0.2, 0.25) is 0 Å². The highest BCUT2D eigenvalue weighted by atomic mass is 16.5. The second-order valence-electron chi connectivity index (χ2n) is 6.75. The van der Waals surface area contributed by atoms with Gasteiger partial charge < -0.3 is 15.2 Å². The van der Waals surface area contributed by atoms with Crippen LogP contribution in [0.5, 0.6) is 0 Å². The fourth-order valence-electron chi connectivity index (χ4n) is 3.54. The lowest BCUT2D eigenvalue weighted by atomic mass is 9.91. The third kappa shape index (κ3) is 5.81. The number of anilines is 1. The summed E-state index contributed by atoms with van der Waals surface area (Å²) >= 11 is 0. The van der Waals surface area contributed by atoms with E-state index in [-0.39, 0.29) is 18.4 Å². The van der Waals surface area contributed by atoms with Gasteiger partial charge in [-0.05, 0) is 30.0 Å². The first-order valence-electron chi connectivity index (χ1n) is 9.48. The maximum absolute atomic E-state index is 13.1. The Morgan fingerprint density at radius 2 is 1.92 bits per heavy atom. The van der Waals surface area contributed by atoms with Gasteiger partial charge in [0.1, 0.15) is 0 Å². The SMILES string of the molecule is CCC(CC)C(C(=O)Nc1cccc(CCC(=O)O)c1)N1CCOCC1. The van der Waals surface area contributed by atoms with Crippen molar-refractivity contribution in [3.05, 3.63) is 29.8 Å². The van der Waals surface area contributed by atoms with Crippen molar-refractivity contribution in [2.45, 2.75) is 45.6 Å². The van der Waals surface area contributed by atoms with E-state index in [1.54, 1.807) is 0 Å². The molecule has 1 amide bonds. The minimum Gasteiger partial charge on any atom is -0.481 e. The highest BCUT2D eigenvalue weighted by molar-refractivity contribution is 5.95. The number of aliphatic carboxylic acids is 1. The number of carbonyl (C=O) groups is 2. The van der Waals surface area contributed by atoms with Crippen molar-refractivity contribution in [3.63, 3.8) is 0 Å². The molecule has 1 atom stereocenters. The van der Waals surface area contributed by atoms with Crippen LogP contribution in [0, 0.1) is 5.92 Å². The number of aryl methyl sites for hydroxylation is 1. The van der Waals surface area contributed by atoms with Crippen molar-refractivity contribution in [2.24, 2.45) is 5.92 Å². The largest absolute Gasteiger partial charge is 0.481 e. The van der Waals surface area contributed by atoms with Crippen molar-refractivity contribution in [3.8, 4) is 0 Å². The lowest BCUT2D eigenvalue weighted by Gasteiger charge is -2.37. The second-order valence-corrected chi connectivity index (χ2v) is 6.75. The molecule has 6 heteroatoms. The number of rotatable bonds is 9. The van der Waals surface area contributed by atoms with E-state index in [0.717, 1.165) is 37.2 Å². The van der Waals surface area contributed by atoms with Gasteiger partial charge in [-0.2, -0.15) is 0 Å². The van der Waals surface area contributed by atoms with Gasteiger partial charge in [0.15, 0.2) is 0 Å². The molecule has 1 fully saturated rings. The molecule has 1 aliphatic rings. The molecule has 0 bridgehead atoms. The van der Waals surface area contributed by atoms with Gasteiger partial charge >= 0.3 is 5.97 Å². The minimum absolute atomic E-state index is 0.0102. The zero-order valence-corrected chi connectivity index (χ0v) is 15.7. The van der Waals surface area contributed by atoms with Gasteiger partial charge in [-0.1, -0.05) is 38.8 Å². The monoisotopic (exact) mass is 362 g/mol. The van der Waals surface area contributed by atoms with Crippen LogP contribution in [0.25, 0.3) is 0 Å². The Bertz CT molecular complexity index is 595. The van der Waals surface area contributed by atoms with Crippen LogP contribution >= 0.6 is 0 Å². The predicted octanol–water partition coefficient (Wildman–Crippen LogP) is 2.78. The van der Waals surface area contributed by atoms with Crippen molar-refractivity contribution >= 4 is 17.6 Å². The fourth-order valence-corrected chi connectivity index (χ4v) is 3.54. The van der Waals surface area contributed by atoms with E-state index >= 15 is 0 Å². The van der Waals surface area contributed by atoms with E-state index in [9.17, 15) is 9.59 Å². The van der Waals surface area contributed by atoms with Gasteiger partial charge in [-0.15, -0.1) is 0 Å². The van der Waals surface area contributed by atoms with E-state index < -0.39 is 5.97 Å². The zero-order valence-electron chi connectivity index (χ0n) is 15.7. The predicted molar refractivity (Wildman–Crippen MR) is 101 cm³/mol. The number of benzene rings is 1. The second kappa shape index (κ2) is 10.3. The number of carbonyl (C=O) groups excluding carboxylic acids is 1. The maximum Gasteiger partial charge on any atom is 0.303 e. The summed E-state index contributed by atoms with van der Waals surface area (Å²) in [6.45, 7) is 7.12. The summed E-state index contributed by atoms with van der Waals surface area (Å²) in [7, 11) is 0. The van der Waals surface area contributed by atoms with Gasteiger partial charge in [-0.25, -0.2) is 0 Å². The number of morpholine rings is 1. The molecule has 1 aromatic carbocycles. The third-order valence-corrected chi connectivity index (χ3v) is 5.03. The molecule has 0 spiro atoms. The quantitative estimate of drug-likeness (QED) is 0.706. The van der Waals surface area contributed by atoms with E-state index in [1.807, 2.05) is 24.3 Å². The molecule has 1 saturated heterocycles.